The van der Waals surface area contributed by atoms with Crippen molar-refractivity contribution in [3.63, 3.8) is 0 Å². The second-order valence-electron chi connectivity index (χ2n) is 4.70. The number of amidine groups is 1. The summed E-state index contributed by atoms with van der Waals surface area (Å²) in [6.45, 7) is 1.37. The van der Waals surface area contributed by atoms with Gasteiger partial charge in [-0.1, -0.05) is 11.8 Å². The third-order valence-electron chi connectivity index (χ3n) is 2.98. The number of aryl methyl sites for hydroxylation is 1. The van der Waals surface area contributed by atoms with Crippen LogP contribution < -0.4 is 4.90 Å². The molecule has 1 atom stereocenters. The number of halogens is 4. The lowest BCUT2D eigenvalue weighted by Crippen LogP contribution is -2.30. The molecule has 1 aromatic rings. The van der Waals surface area contributed by atoms with Crippen molar-refractivity contribution in [2.75, 3.05) is 23.5 Å². The van der Waals surface area contributed by atoms with Crippen LogP contribution in [-0.2, 0) is 15.6 Å². The van der Waals surface area contributed by atoms with E-state index in [4.69, 9.17) is 0 Å². The highest BCUT2D eigenvalue weighted by Gasteiger charge is 2.34. The summed E-state index contributed by atoms with van der Waals surface area (Å²) in [4.78, 5) is 16.6. The number of anilines is 1. The van der Waals surface area contributed by atoms with Gasteiger partial charge in [-0.05, 0) is 24.6 Å². The van der Waals surface area contributed by atoms with Gasteiger partial charge in [0.2, 0.25) is 5.91 Å². The van der Waals surface area contributed by atoms with Gasteiger partial charge in [0.15, 0.2) is 5.17 Å². The van der Waals surface area contributed by atoms with Crippen LogP contribution in [0.1, 0.15) is 5.56 Å². The van der Waals surface area contributed by atoms with E-state index in [2.05, 4.69) is 4.99 Å². The molecular weight excluding hydrogens is 356 g/mol. The predicted octanol–water partition coefficient (Wildman–Crippen LogP) is 2.87. The summed E-state index contributed by atoms with van der Waals surface area (Å²) in [5, 5.41) is 0.241. The summed E-state index contributed by atoms with van der Waals surface area (Å²) in [6, 6.07) is 2.00. The summed E-state index contributed by atoms with van der Waals surface area (Å²) in [7, 11) is -0.964. The molecule has 4 nitrogen and oxygen atoms in total. The van der Waals surface area contributed by atoms with Crippen LogP contribution in [0.2, 0.25) is 0 Å². The maximum Gasteiger partial charge on any atom is 0.400 e. The molecule has 1 fully saturated rings. The van der Waals surface area contributed by atoms with Crippen molar-refractivity contribution >= 4 is 39.3 Å². The van der Waals surface area contributed by atoms with Gasteiger partial charge in [-0.25, -0.2) is 4.39 Å². The molecule has 10 heteroatoms. The topological polar surface area (TPSA) is 49.7 Å². The van der Waals surface area contributed by atoms with E-state index in [0.29, 0.717) is 0 Å². The fourth-order valence-electron chi connectivity index (χ4n) is 2.05. The number of alkyl halides is 3. The smallest absolute Gasteiger partial charge is 0.273 e. The number of amides is 1. The summed E-state index contributed by atoms with van der Waals surface area (Å²) >= 11 is 1.09. The molecule has 0 aromatic heterocycles. The molecule has 1 unspecified atom stereocenters. The number of nitrogens with zero attached hydrogens (tertiary/aromatic N) is 2. The lowest BCUT2D eigenvalue weighted by atomic mass is 10.2. The highest BCUT2D eigenvalue weighted by molar-refractivity contribution is 8.15. The molecule has 0 aliphatic carbocycles. The lowest BCUT2D eigenvalue weighted by Gasteiger charge is -2.19. The van der Waals surface area contributed by atoms with Gasteiger partial charge in [0.1, 0.15) is 11.6 Å². The number of hydrogen-bond donors (Lipinski definition) is 0. The van der Waals surface area contributed by atoms with Crippen LogP contribution in [0.5, 0.6) is 0 Å². The minimum absolute atomic E-state index is 0.0565. The van der Waals surface area contributed by atoms with E-state index >= 15 is 0 Å². The van der Waals surface area contributed by atoms with Crippen molar-refractivity contribution in [1.82, 2.24) is 0 Å². The Kier molecular flexibility index (Phi) is 5.14. The van der Waals surface area contributed by atoms with Gasteiger partial charge in [0.05, 0.1) is 22.2 Å². The monoisotopic (exact) mass is 368 g/mol. The van der Waals surface area contributed by atoms with Crippen LogP contribution >= 0.6 is 11.8 Å². The molecule has 1 saturated heterocycles. The van der Waals surface area contributed by atoms with Gasteiger partial charge in [0, 0.05) is 11.9 Å². The lowest BCUT2D eigenvalue weighted by molar-refractivity contribution is -0.115. The Hall–Kier alpha value is -1.42. The molecule has 0 bridgehead atoms. The van der Waals surface area contributed by atoms with Crippen LogP contribution in [0.4, 0.5) is 23.2 Å². The van der Waals surface area contributed by atoms with Gasteiger partial charge >= 0.3 is 6.18 Å². The zero-order valence-corrected chi connectivity index (χ0v) is 13.7. The Morgan fingerprint density at radius 1 is 1.39 bits per heavy atom. The van der Waals surface area contributed by atoms with E-state index in [0.717, 1.165) is 28.8 Å². The summed E-state index contributed by atoms with van der Waals surface area (Å²) in [6.07, 6.45) is -4.61. The first-order chi connectivity index (χ1) is 10.6. The van der Waals surface area contributed by atoms with Crippen molar-refractivity contribution in [1.29, 1.82) is 0 Å². The minimum atomic E-state index is -4.61. The van der Waals surface area contributed by atoms with Gasteiger partial charge in [-0.15, -0.1) is 0 Å². The number of carbonyl (C=O) groups is 1. The third kappa shape index (κ3) is 3.92. The molecule has 0 radical (unpaired) electrons. The average Bonchev–Trinajstić information content (AvgIpc) is 2.78. The van der Waals surface area contributed by atoms with Crippen molar-refractivity contribution in [3.05, 3.63) is 23.5 Å². The van der Waals surface area contributed by atoms with E-state index in [1.54, 1.807) is 0 Å². The molecule has 2 rings (SSSR count). The van der Waals surface area contributed by atoms with Gasteiger partial charge < -0.3 is 0 Å². The first kappa shape index (κ1) is 17.9. The molecule has 1 aromatic carbocycles. The molecule has 0 spiro atoms. The number of thioether (sulfide) groups is 1. The summed E-state index contributed by atoms with van der Waals surface area (Å²) in [5.74, 6) is -2.70. The maximum absolute atomic E-state index is 14.2. The van der Waals surface area contributed by atoms with E-state index in [-0.39, 0.29) is 27.1 Å². The van der Waals surface area contributed by atoms with E-state index in [9.17, 15) is 26.6 Å². The normalized spacial score (nSPS) is 18.8. The number of carbonyl (C=O) groups excluding carboxylic acids is 1. The molecule has 1 aliphatic heterocycles. The average molecular weight is 368 g/mol. The molecule has 1 aliphatic rings. The van der Waals surface area contributed by atoms with E-state index < -0.39 is 34.5 Å². The van der Waals surface area contributed by atoms with Crippen LogP contribution in [0.3, 0.4) is 0 Å². The number of hydrogen-bond acceptors (Lipinski definition) is 4. The SMILES string of the molecule is CN=C1SCC(=O)N1c1cc(S(=O)CC(F)(F)F)c(C)cc1F. The van der Waals surface area contributed by atoms with Crippen molar-refractivity contribution < 1.29 is 26.6 Å². The molecule has 0 saturated carbocycles. The number of aliphatic imine (C=N–C) groups is 1. The maximum atomic E-state index is 14.2. The van der Waals surface area contributed by atoms with Crippen LogP contribution in [0.25, 0.3) is 0 Å². The fourth-order valence-corrected chi connectivity index (χ4v) is 4.00. The third-order valence-corrected chi connectivity index (χ3v) is 5.52. The first-order valence-electron chi connectivity index (χ1n) is 6.32. The number of rotatable bonds is 3. The van der Waals surface area contributed by atoms with Crippen LogP contribution in [0.15, 0.2) is 22.0 Å². The second-order valence-corrected chi connectivity index (χ2v) is 7.06. The first-order valence-corrected chi connectivity index (χ1v) is 8.62. The van der Waals surface area contributed by atoms with Gasteiger partial charge in [0.25, 0.3) is 0 Å². The van der Waals surface area contributed by atoms with Crippen molar-refractivity contribution in [3.8, 4) is 0 Å². The highest BCUT2D eigenvalue weighted by Crippen LogP contribution is 2.32. The van der Waals surface area contributed by atoms with Crippen molar-refractivity contribution in [2.45, 2.75) is 18.0 Å². The molecule has 1 amide bonds. The Balaban J connectivity index is 2.48. The van der Waals surface area contributed by atoms with Gasteiger partial charge in [-0.2, -0.15) is 13.2 Å². The van der Waals surface area contributed by atoms with E-state index in [1.165, 1.54) is 14.0 Å². The minimum Gasteiger partial charge on any atom is -0.273 e. The predicted molar refractivity (Wildman–Crippen MR) is 81.8 cm³/mol. The highest BCUT2D eigenvalue weighted by atomic mass is 32.2. The molecule has 126 valence electrons. The summed E-state index contributed by atoms with van der Waals surface area (Å²) < 4.78 is 63.4. The zero-order chi connectivity index (χ0) is 17.4. The van der Waals surface area contributed by atoms with E-state index in [1.807, 2.05) is 0 Å². The molecule has 23 heavy (non-hydrogen) atoms. The Morgan fingerprint density at radius 2 is 2.04 bits per heavy atom. The Bertz CT molecular complexity index is 704. The van der Waals surface area contributed by atoms with Crippen molar-refractivity contribution in [2.24, 2.45) is 4.99 Å². The Labute approximate surface area is 136 Å². The fraction of sp³-hybridized carbons (Fsp3) is 0.385. The zero-order valence-electron chi connectivity index (χ0n) is 12.1. The molecule has 0 N–H and O–H groups in total. The second kappa shape index (κ2) is 6.60. The molecular formula is C13H12F4N2O2S2. The summed E-state index contributed by atoms with van der Waals surface area (Å²) in [5.41, 5.74) is -0.111. The Morgan fingerprint density at radius 3 is 2.61 bits per heavy atom. The standard InChI is InChI=1S/C13H12F4N2O2S2/c1-7-3-8(14)9(19-11(20)5-22-12(19)18-2)4-10(7)23(21)6-13(15,16)17/h3-4H,5-6H2,1-2H3. The molecule has 1 heterocycles. The largest absolute Gasteiger partial charge is 0.400 e. The van der Waals surface area contributed by atoms with Gasteiger partial charge in [-0.3, -0.25) is 18.9 Å². The van der Waals surface area contributed by atoms with Crippen LogP contribution in [-0.4, -0.2) is 40.0 Å². The number of benzene rings is 1. The quantitative estimate of drug-likeness (QED) is 0.771. The van der Waals surface area contributed by atoms with Crippen LogP contribution in [0, 0.1) is 12.7 Å².